The van der Waals surface area contributed by atoms with Gasteiger partial charge < -0.3 is 10.4 Å². The SMILES string of the molecule is O=C(O)CCC12C3=C(CNCC3)C(c3ccccc31)c1ccccc12. The third kappa shape index (κ3) is 1.87. The Balaban J connectivity index is 1.85. The Kier molecular flexibility index (Phi) is 3.16. The van der Waals surface area contributed by atoms with Gasteiger partial charge in [-0.25, -0.2) is 0 Å². The fourth-order valence-electron chi connectivity index (χ4n) is 5.47. The summed E-state index contributed by atoms with van der Waals surface area (Å²) in [4.78, 5) is 11.5. The van der Waals surface area contributed by atoms with E-state index in [2.05, 4.69) is 53.8 Å². The van der Waals surface area contributed by atoms with Crippen LogP contribution in [-0.2, 0) is 10.2 Å². The van der Waals surface area contributed by atoms with E-state index in [0.29, 0.717) is 12.3 Å². The molecule has 6 rings (SSSR count). The van der Waals surface area contributed by atoms with Crippen molar-refractivity contribution in [2.45, 2.75) is 30.6 Å². The van der Waals surface area contributed by atoms with Gasteiger partial charge in [0.15, 0.2) is 0 Å². The first-order chi connectivity index (χ1) is 12.2. The molecule has 0 aromatic heterocycles. The lowest BCUT2D eigenvalue weighted by atomic mass is 9.50. The minimum Gasteiger partial charge on any atom is -0.481 e. The number of carboxylic acid groups (broad SMARTS) is 1. The molecule has 0 fully saturated rings. The average Bonchev–Trinajstić information content (AvgIpc) is 2.66. The van der Waals surface area contributed by atoms with Gasteiger partial charge in [-0.15, -0.1) is 0 Å². The van der Waals surface area contributed by atoms with Crippen LogP contribution in [0.25, 0.3) is 0 Å². The number of carboxylic acids is 1. The van der Waals surface area contributed by atoms with E-state index in [9.17, 15) is 9.90 Å². The molecule has 2 bridgehead atoms. The molecule has 0 spiro atoms. The van der Waals surface area contributed by atoms with Gasteiger partial charge in [-0.3, -0.25) is 4.79 Å². The first-order valence-corrected chi connectivity index (χ1v) is 9.07. The van der Waals surface area contributed by atoms with Crippen LogP contribution in [0.15, 0.2) is 59.7 Å². The molecule has 4 aliphatic rings. The zero-order chi connectivity index (χ0) is 17.0. The third-order valence-corrected chi connectivity index (χ3v) is 6.30. The number of hydrogen-bond donors (Lipinski definition) is 2. The van der Waals surface area contributed by atoms with E-state index in [1.165, 1.54) is 33.4 Å². The Morgan fingerprint density at radius 1 is 1.08 bits per heavy atom. The molecular weight excluding hydrogens is 310 g/mol. The second-order valence-electron chi connectivity index (χ2n) is 7.34. The number of hydrogen-bond acceptors (Lipinski definition) is 2. The normalized spacial score (nSPS) is 26.0. The molecule has 25 heavy (non-hydrogen) atoms. The molecule has 0 saturated heterocycles. The highest BCUT2D eigenvalue weighted by molar-refractivity contribution is 5.72. The van der Waals surface area contributed by atoms with Crippen LogP contribution in [0.5, 0.6) is 0 Å². The predicted molar refractivity (Wildman–Crippen MR) is 96.9 cm³/mol. The van der Waals surface area contributed by atoms with Gasteiger partial charge in [0.05, 0.1) is 0 Å². The molecule has 2 aromatic carbocycles. The van der Waals surface area contributed by atoms with Gasteiger partial charge in [-0.05, 0) is 47.2 Å². The van der Waals surface area contributed by atoms with Gasteiger partial charge in [-0.1, -0.05) is 54.1 Å². The fraction of sp³-hybridized carbons (Fsp3) is 0.318. The minimum absolute atomic E-state index is 0.192. The zero-order valence-corrected chi connectivity index (χ0v) is 14.1. The standard InChI is InChI=1S/C22H21NO2/c24-20(25)9-11-22-17-7-3-1-5-14(17)21(15-6-2-4-8-18(15)22)16-13-23-12-10-19(16)22/h1-8,21,23H,9-13H2,(H,24,25). The first-order valence-electron chi connectivity index (χ1n) is 9.07. The molecule has 2 N–H and O–H groups in total. The van der Waals surface area contributed by atoms with Crippen LogP contribution in [0, 0.1) is 0 Å². The Morgan fingerprint density at radius 2 is 1.72 bits per heavy atom. The van der Waals surface area contributed by atoms with Crippen molar-refractivity contribution >= 4 is 5.97 Å². The van der Waals surface area contributed by atoms with Crippen LogP contribution in [0.2, 0.25) is 0 Å². The van der Waals surface area contributed by atoms with Crippen molar-refractivity contribution in [2.75, 3.05) is 13.1 Å². The quantitative estimate of drug-likeness (QED) is 0.845. The number of benzene rings is 2. The molecule has 3 heteroatoms. The van der Waals surface area contributed by atoms with Crippen molar-refractivity contribution < 1.29 is 9.90 Å². The van der Waals surface area contributed by atoms with E-state index in [-0.39, 0.29) is 11.8 Å². The Bertz CT molecular complexity index is 864. The van der Waals surface area contributed by atoms with Crippen molar-refractivity contribution in [2.24, 2.45) is 0 Å². The zero-order valence-electron chi connectivity index (χ0n) is 14.1. The van der Waals surface area contributed by atoms with Crippen molar-refractivity contribution in [3.63, 3.8) is 0 Å². The van der Waals surface area contributed by atoms with Gasteiger partial charge in [0.2, 0.25) is 0 Å². The first kappa shape index (κ1) is 14.9. The maximum atomic E-state index is 11.5. The number of nitrogens with one attached hydrogen (secondary N) is 1. The summed E-state index contributed by atoms with van der Waals surface area (Å²) in [5.74, 6) is -0.393. The molecule has 0 saturated carbocycles. The van der Waals surface area contributed by atoms with E-state index < -0.39 is 5.97 Å². The molecular formula is C22H21NO2. The second-order valence-corrected chi connectivity index (χ2v) is 7.34. The predicted octanol–water partition coefficient (Wildman–Crippen LogP) is 3.59. The van der Waals surface area contributed by atoms with Crippen LogP contribution in [0.1, 0.15) is 47.4 Å². The van der Waals surface area contributed by atoms with E-state index in [1.54, 1.807) is 0 Å². The maximum Gasteiger partial charge on any atom is 0.303 e. The molecule has 0 atom stereocenters. The van der Waals surface area contributed by atoms with Crippen molar-refractivity contribution in [3.8, 4) is 0 Å². The van der Waals surface area contributed by atoms with Gasteiger partial charge >= 0.3 is 5.97 Å². The summed E-state index contributed by atoms with van der Waals surface area (Å²) >= 11 is 0. The molecule has 0 unspecified atom stereocenters. The third-order valence-electron chi connectivity index (χ3n) is 6.30. The molecule has 126 valence electrons. The molecule has 1 aliphatic heterocycles. The maximum absolute atomic E-state index is 11.5. The largest absolute Gasteiger partial charge is 0.481 e. The minimum atomic E-state index is -0.715. The van der Waals surface area contributed by atoms with Gasteiger partial charge in [-0.2, -0.15) is 0 Å². The summed E-state index contributed by atoms with van der Waals surface area (Å²) in [5.41, 5.74) is 8.10. The molecule has 3 aliphatic carbocycles. The summed E-state index contributed by atoms with van der Waals surface area (Å²) in [6.45, 7) is 1.89. The fourth-order valence-corrected chi connectivity index (χ4v) is 5.47. The van der Waals surface area contributed by atoms with Crippen molar-refractivity contribution in [1.29, 1.82) is 0 Å². The van der Waals surface area contributed by atoms with Crippen molar-refractivity contribution in [3.05, 3.63) is 81.9 Å². The Labute approximate surface area is 147 Å². The van der Waals surface area contributed by atoms with Crippen molar-refractivity contribution in [1.82, 2.24) is 5.32 Å². The van der Waals surface area contributed by atoms with Gasteiger partial charge in [0.25, 0.3) is 0 Å². The summed E-state index contributed by atoms with van der Waals surface area (Å²) < 4.78 is 0. The van der Waals surface area contributed by atoms with Gasteiger partial charge in [0, 0.05) is 24.3 Å². The van der Waals surface area contributed by atoms with Crippen LogP contribution in [-0.4, -0.2) is 24.2 Å². The molecule has 0 radical (unpaired) electrons. The lowest BCUT2D eigenvalue weighted by Gasteiger charge is -2.53. The number of carbonyl (C=O) groups is 1. The van der Waals surface area contributed by atoms with Crippen LogP contribution in [0.4, 0.5) is 0 Å². The summed E-state index contributed by atoms with van der Waals surface area (Å²) in [6, 6.07) is 17.4. The number of aliphatic carboxylic acids is 1. The second kappa shape index (κ2) is 5.30. The lowest BCUT2D eigenvalue weighted by Crippen LogP contribution is -2.47. The topological polar surface area (TPSA) is 49.3 Å². The Hall–Kier alpha value is -2.39. The summed E-state index contributed by atoms with van der Waals surface area (Å²) in [6.07, 6.45) is 1.84. The molecule has 2 aromatic rings. The van der Waals surface area contributed by atoms with E-state index in [0.717, 1.165) is 19.5 Å². The average molecular weight is 331 g/mol. The van der Waals surface area contributed by atoms with Gasteiger partial charge in [0.1, 0.15) is 0 Å². The number of rotatable bonds is 3. The molecule has 1 heterocycles. The highest BCUT2D eigenvalue weighted by Gasteiger charge is 2.52. The van der Waals surface area contributed by atoms with E-state index in [1.807, 2.05) is 0 Å². The van der Waals surface area contributed by atoms with E-state index in [4.69, 9.17) is 0 Å². The summed E-state index contributed by atoms with van der Waals surface area (Å²) in [7, 11) is 0. The summed E-state index contributed by atoms with van der Waals surface area (Å²) in [5, 5.41) is 13.0. The Morgan fingerprint density at radius 3 is 2.36 bits per heavy atom. The lowest BCUT2D eigenvalue weighted by molar-refractivity contribution is -0.137. The highest BCUT2D eigenvalue weighted by Crippen LogP contribution is 2.61. The highest BCUT2D eigenvalue weighted by atomic mass is 16.4. The smallest absolute Gasteiger partial charge is 0.303 e. The molecule has 3 nitrogen and oxygen atoms in total. The molecule has 0 amide bonds. The van der Waals surface area contributed by atoms with Crippen LogP contribution < -0.4 is 5.32 Å². The van der Waals surface area contributed by atoms with Crippen LogP contribution >= 0.6 is 0 Å². The van der Waals surface area contributed by atoms with E-state index >= 15 is 0 Å². The van der Waals surface area contributed by atoms with Crippen LogP contribution in [0.3, 0.4) is 0 Å². The monoisotopic (exact) mass is 331 g/mol.